The Morgan fingerprint density at radius 1 is 1.22 bits per heavy atom. The van der Waals surface area contributed by atoms with Crippen LogP contribution in [0.5, 0.6) is 0 Å². The molecule has 0 amide bonds. The summed E-state index contributed by atoms with van der Waals surface area (Å²) in [4.78, 5) is 13.4. The van der Waals surface area contributed by atoms with E-state index in [1.165, 1.54) is 0 Å². The molecule has 0 aliphatic carbocycles. The number of nitrogens with zero attached hydrogens (tertiary/aromatic N) is 4. The number of aromatic nitrogens is 2. The van der Waals surface area contributed by atoms with Gasteiger partial charge in [-0.25, -0.2) is 4.98 Å². The van der Waals surface area contributed by atoms with Crippen molar-refractivity contribution in [3.05, 3.63) is 18.1 Å². The van der Waals surface area contributed by atoms with Crippen LogP contribution in [0.1, 0.15) is 19.0 Å². The van der Waals surface area contributed by atoms with Gasteiger partial charge in [-0.3, -0.25) is 4.98 Å². The topological polar surface area (TPSA) is 44.3 Å². The zero-order chi connectivity index (χ0) is 13.4. The van der Waals surface area contributed by atoms with Crippen LogP contribution in [0.25, 0.3) is 0 Å². The number of hydrogen-bond donors (Lipinski definition) is 1. The van der Waals surface area contributed by atoms with E-state index in [1.54, 1.807) is 0 Å². The lowest BCUT2D eigenvalue weighted by molar-refractivity contribution is 0.400. The lowest BCUT2D eigenvalue weighted by atomic mass is 10.3. The van der Waals surface area contributed by atoms with E-state index in [9.17, 15) is 0 Å². The van der Waals surface area contributed by atoms with Crippen LogP contribution in [0.4, 0.5) is 5.82 Å². The number of nitrogens with one attached hydrogen (secondary N) is 1. The second kappa shape index (κ2) is 8.00. The minimum absolute atomic E-state index is 0.760. The Morgan fingerprint density at radius 3 is 2.61 bits per heavy atom. The van der Waals surface area contributed by atoms with Crippen LogP contribution in [0.2, 0.25) is 0 Å². The summed E-state index contributed by atoms with van der Waals surface area (Å²) in [6, 6.07) is 0. The van der Waals surface area contributed by atoms with Gasteiger partial charge in [-0.1, -0.05) is 0 Å². The van der Waals surface area contributed by atoms with Crippen molar-refractivity contribution in [2.24, 2.45) is 0 Å². The lowest BCUT2D eigenvalue weighted by Gasteiger charge is -2.22. The Kier molecular flexibility index (Phi) is 6.60. The highest BCUT2D eigenvalue weighted by molar-refractivity contribution is 5.35. The van der Waals surface area contributed by atoms with Crippen molar-refractivity contribution < 1.29 is 0 Å². The largest absolute Gasteiger partial charge is 0.356 e. The summed E-state index contributed by atoms with van der Waals surface area (Å²) in [6.07, 6.45) is 4.80. The minimum Gasteiger partial charge on any atom is -0.356 e. The second-order valence-electron chi connectivity index (χ2n) is 4.64. The lowest BCUT2D eigenvalue weighted by Crippen LogP contribution is -2.28. The molecule has 0 unspecified atom stereocenters. The van der Waals surface area contributed by atoms with Crippen LogP contribution in [-0.4, -0.2) is 55.6 Å². The molecule has 0 aliphatic rings. The van der Waals surface area contributed by atoms with Crippen LogP contribution in [0.15, 0.2) is 12.4 Å². The van der Waals surface area contributed by atoms with E-state index in [4.69, 9.17) is 0 Å². The second-order valence-corrected chi connectivity index (χ2v) is 4.64. The number of anilines is 1. The standard InChI is InChI=1S/C13H25N5/c1-5-18(8-6-7-17(3)4)13-11-15-10-12(16-13)9-14-2/h10-11,14H,5-9H2,1-4H3. The number of hydrogen-bond acceptors (Lipinski definition) is 5. The Labute approximate surface area is 110 Å². The van der Waals surface area contributed by atoms with Crippen LogP contribution >= 0.6 is 0 Å². The SMILES string of the molecule is CCN(CCCN(C)C)c1cncc(CNC)n1. The average Bonchev–Trinajstić information content (AvgIpc) is 2.35. The molecule has 0 atom stereocenters. The molecule has 0 saturated heterocycles. The monoisotopic (exact) mass is 251 g/mol. The average molecular weight is 251 g/mol. The first-order chi connectivity index (χ1) is 8.67. The van der Waals surface area contributed by atoms with Gasteiger partial charge < -0.3 is 15.1 Å². The van der Waals surface area contributed by atoms with Gasteiger partial charge in [0.2, 0.25) is 0 Å². The van der Waals surface area contributed by atoms with Crippen molar-refractivity contribution in [2.75, 3.05) is 45.7 Å². The summed E-state index contributed by atoms with van der Waals surface area (Å²) in [5, 5.41) is 3.10. The predicted octanol–water partition coefficient (Wildman–Crippen LogP) is 0.974. The molecule has 0 radical (unpaired) electrons. The first kappa shape index (κ1) is 14.9. The Bertz CT molecular complexity index is 340. The van der Waals surface area contributed by atoms with E-state index in [0.717, 1.165) is 44.1 Å². The fourth-order valence-corrected chi connectivity index (χ4v) is 1.83. The van der Waals surface area contributed by atoms with E-state index in [-0.39, 0.29) is 0 Å². The summed E-state index contributed by atoms with van der Waals surface area (Å²) < 4.78 is 0. The van der Waals surface area contributed by atoms with Gasteiger partial charge in [-0.2, -0.15) is 0 Å². The molecule has 0 spiro atoms. The molecule has 0 saturated carbocycles. The smallest absolute Gasteiger partial charge is 0.147 e. The Hall–Kier alpha value is -1.20. The van der Waals surface area contributed by atoms with Crippen molar-refractivity contribution in [3.63, 3.8) is 0 Å². The van der Waals surface area contributed by atoms with Gasteiger partial charge in [0.05, 0.1) is 11.9 Å². The van der Waals surface area contributed by atoms with E-state index in [1.807, 2.05) is 19.4 Å². The molecular weight excluding hydrogens is 226 g/mol. The molecule has 0 bridgehead atoms. The summed E-state index contributed by atoms with van der Waals surface area (Å²) in [7, 11) is 6.12. The van der Waals surface area contributed by atoms with Crippen LogP contribution < -0.4 is 10.2 Å². The first-order valence-corrected chi connectivity index (χ1v) is 6.52. The maximum atomic E-state index is 4.62. The summed E-state index contributed by atoms with van der Waals surface area (Å²) in [6.45, 7) is 6.00. The predicted molar refractivity (Wildman–Crippen MR) is 75.9 cm³/mol. The third-order valence-electron chi connectivity index (χ3n) is 2.77. The van der Waals surface area contributed by atoms with Crippen LogP contribution in [-0.2, 0) is 6.54 Å². The van der Waals surface area contributed by atoms with E-state index in [2.05, 4.69) is 46.1 Å². The molecule has 0 fully saturated rings. The van der Waals surface area contributed by atoms with Gasteiger partial charge in [0, 0.05) is 25.8 Å². The molecule has 18 heavy (non-hydrogen) atoms. The zero-order valence-electron chi connectivity index (χ0n) is 12.0. The molecule has 5 nitrogen and oxygen atoms in total. The number of rotatable bonds is 8. The molecule has 0 aliphatic heterocycles. The highest BCUT2D eigenvalue weighted by Crippen LogP contribution is 2.10. The summed E-state index contributed by atoms with van der Waals surface area (Å²) >= 11 is 0. The first-order valence-electron chi connectivity index (χ1n) is 6.52. The molecule has 5 heteroatoms. The van der Waals surface area contributed by atoms with Crippen molar-refractivity contribution in [1.82, 2.24) is 20.2 Å². The highest BCUT2D eigenvalue weighted by atomic mass is 15.2. The van der Waals surface area contributed by atoms with Crippen molar-refractivity contribution >= 4 is 5.82 Å². The Balaban J connectivity index is 2.60. The van der Waals surface area contributed by atoms with Gasteiger partial charge in [-0.15, -0.1) is 0 Å². The van der Waals surface area contributed by atoms with E-state index >= 15 is 0 Å². The van der Waals surface area contributed by atoms with Crippen molar-refractivity contribution in [2.45, 2.75) is 19.9 Å². The van der Waals surface area contributed by atoms with Crippen molar-refractivity contribution in [3.8, 4) is 0 Å². The van der Waals surface area contributed by atoms with Gasteiger partial charge in [0.15, 0.2) is 0 Å². The third-order valence-corrected chi connectivity index (χ3v) is 2.77. The summed E-state index contributed by atoms with van der Waals surface area (Å²) in [5.74, 6) is 0.976. The fourth-order valence-electron chi connectivity index (χ4n) is 1.83. The van der Waals surface area contributed by atoms with Crippen molar-refractivity contribution in [1.29, 1.82) is 0 Å². The summed E-state index contributed by atoms with van der Waals surface area (Å²) in [5.41, 5.74) is 0.987. The normalized spacial score (nSPS) is 10.9. The highest BCUT2D eigenvalue weighted by Gasteiger charge is 2.07. The van der Waals surface area contributed by atoms with E-state index < -0.39 is 0 Å². The fraction of sp³-hybridized carbons (Fsp3) is 0.692. The van der Waals surface area contributed by atoms with Gasteiger partial charge in [-0.05, 0) is 41.0 Å². The van der Waals surface area contributed by atoms with Gasteiger partial charge in [0.1, 0.15) is 5.82 Å². The molecule has 1 heterocycles. The molecule has 1 rings (SSSR count). The van der Waals surface area contributed by atoms with Crippen LogP contribution in [0, 0.1) is 0 Å². The molecule has 1 aromatic rings. The molecule has 0 aromatic carbocycles. The van der Waals surface area contributed by atoms with E-state index in [0.29, 0.717) is 0 Å². The zero-order valence-corrected chi connectivity index (χ0v) is 12.0. The quantitative estimate of drug-likeness (QED) is 0.746. The minimum atomic E-state index is 0.760. The molecule has 102 valence electrons. The Morgan fingerprint density at radius 2 is 2.00 bits per heavy atom. The molecular formula is C13H25N5. The third kappa shape index (κ3) is 4.98. The maximum Gasteiger partial charge on any atom is 0.147 e. The maximum absolute atomic E-state index is 4.62. The molecule has 1 N–H and O–H groups in total. The van der Waals surface area contributed by atoms with Gasteiger partial charge in [0.25, 0.3) is 0 Å². The molecule has 1 aromatic heterocycles. The van der Waals surface area contributed by atoms with Gasteiger partial charge >= 0.3 is 0 Å². The van der Waals surface area contributed by atoms with Crippen LogP contribution in [0.3, 0.4) is 0 Å².